The van der Waals surface area contributed by atoms with Crippen molar-refractivity contribution in [1.29, 1.82) is 0 Å². The van der Waals surface area contributed by atoms with E-state index in [4.69, 9.17) is 0 Å². The number of carbonyl (C=O) groups excluding carboxylic acids is 1. The standard InChI is InChI=1S/C17H21N5O/c23-16-10-22(8-7-19-16)13-1-2-14-15(9-13)20-11-21-17(14)12-3-5-18-6-4-12/h1-2,9,11-12,18H,3-8,10H2,(H,19,23). The summed E-state index contributed by atoms with van der Waals surface area (Å²) in [6, 6.07) is 6.30. The molecule has 6 heteroatoms. The van der Waals surface area contributed by atoms with Gasteiger partial charge in [0.05, 0.1) is 17.8 Å². The lowest BCUT2D eigenvalue weighted by Gasteiger charge is -2.29. The largest absolute Gasteiger partial charge is 0.360 e. The summed E-state index contributed by atoms with van der Waals surface area (Å²) in [5, 5.41) is 7.40. The number of fused-ring (bicyclic) bond motifs is 1. The molecule has 0 spiro atoms. The SMILES string of the molecule is O=C1CN(c2ccc3c(C4CCNCC4)ncnc3c2)CCN1. The topological polar surface area (TPSA) is 70.2 Å². The molecule has 0 atom stereocenters. The van der Waals surface area contributed by atoms with Crippen LogP contribution in [0.1, 0.15) is 24.5 Å². The van der Waals surface area contributed by atoms with Gasteiger partial charge >= 0.3 is 0 Å². The zero-order chi connectivity index (χ0) is 15.6. The summed E-state index contributed by atoms with van der Waals surface area (Å²) in [6.07, 6.45) is 3.92. The van der Waals surface area contributed by atoms with Crippen LogP contribution in [0.2, 0.25) is 0 Å². The minimum atomic E-state index is 0.0782. The molecule has 1 amide bonds. The number of nitrogens with one attached hydrogen (secondary N) is 2. The fourth-order valence-corrected chi connectivity index (χ4v) is 3.54. The van der Waals surface area contributed by atoms with E-state index in [1.807, 2.05) is 0 Å². The molecular weight excluding hydrogens is 290 g/mol. The van der Waals surface area contributed by atoms with Crippen LogP contribution in [0.3, 0.4) is 0 Å². The van der Waals surface area contributed by atoms with Gasteiger partial charge in [0.15, 0.2) is 0 Å². The summed E-state index contributed by atoms with van der Waals surface area (Å²) >= 11 is 0. The van der Waals surface area contributed by atoms with E-state index in [2.05, 4.69) is 43.7 Å². The molecule has 2 aliphatic heterocycles. The summed E-state index contributed by atoms with van der Waals surface area (Å²) in [4.78, 5) is 22.7. The number of hydrogen-bond acceptors (Lipinski definition) is 5. The van der Waals surface area contributed by atoms with Crippen LogP contribution in [-0.2, 0) is 4.79 Å². The maximum atomic E-state index is 11.6. The summed E-state index contributed by atoms with van der Waals surface area (Å²) in [6.45, 7) is 4.05. The zero-order valence-corrected chi connectivity index (χ0v) is 13.1. The Morgan fingerprint density at radius 1 is 1.13 bits per heavy atom. The van der Waals surface area contributed by atoms with Gasteiger partial charge in [-0.05, 0) is 44.1 Å². The highest BCUT2D eigenvalue weighted by molar-refractivity contribution is 5.87. The predicted octanol–water partition coefficient (Wildman–Crippen LogP) is 1.03. The van der Waals surface area contributed by atoms with Crippen LogP contribution in [0, 0.1) is 0 Å². The minimum Gasteiger partial charge on any atom is -0.360 e. The van der Waals surface area contributed by atoms with Crippen molar-refractivity contribution in [3.8, 4) is 0 Å². The molecule has 4 rings (SSSR count). The smallest absolute Gasteiger partial charge is 0.239 e. The predicted molar refractivity (Wildman–Crippen MR) is 89.6 cm³/mol. The van der Waals surface area contributed by atoms with Gasteiger partial charge in [0, 0.05) is 30.1 Å². The second-order valence-corrected chi connectivity index (χ2v) is 6.26. The van der Waals surface area contributed by atoms with Gasteiger partial charge in [-0.1, -0.05) is 0 Å². The van der Waals surface area contributed by atoms with Crippen LogP contribution in [-0.4, -0.2) is 48.6 Å². The van der Waals surface area contributed by atoms with Gasteiger partial charge in [-0.2, -0.15) is 0 Å². The molecule has 2 aliphatic rings. The quantitative estimate of drug-likeness (QED) is 0.867. The lowest BCUT2D eigenvalue weighted by molar-refractivity contribution is -0.120. The molecule has 0 unspecified atom stereocenters. The van der Waals surface area contributed by atoms with Crippen molar-refractivity contribution in [2.45, 2.75) is 18.8 Å². The summed E-state index contributed by atoms with van der Waals surface area (Å²) in [5.74, 6) is 0.586. The third-order valence-corrected chi connectivity index (χ3v) is 4.78. The maximum absolute atomic E-state index is 11.6. The molecule has 1 aromatic heterocycles. The van der Waals surface area contributed by atoms with E-state index >= 15 is 0 Å². The zero-order valence-electron chi connectivity index (χ0n) is 13.1. The number of aromatic nitrogens is 2. The van der Waals surface area contributed by atoms with E-state index in [-0.39, 0.29) is 5.91 Å². The van der Waals surface area contributed by atoms with Gasteiger partial charge in [0.1, 0.15) is 6.33 Å². The molecule has 3 heterocycles. The van der Waals surface area contributed by atoms with Crippen molar-refractivity contribution >= 4 is 22.5 Å². The molecule has 1 aromatic carbocycles. The second-order valence-electron chi connectivity index (χ2n) is 6.26. The number of hydrogen-bond donors (Lipinski definition) is 2. The third-order valence-electron chi connectivity index (χ3n) is 4.78. The van der Waals surface area contributed by atoms with Crippen molar-refractivity contribution in [1.82, 2.24) is 20.6 Å². The molecule has 0 aliphatic carbocycles. The summed E-state index contributed by atoms with van der Waals surface area (Å²) in [7, 11) is 0. The molecule has 23 heavy (non-hydrogen) atoms. The average Bonchev–Trinajstić information content (AvgIpc) is 2.61. The van der Waals surface area contributed by atoms with Crippen molar-refractivity contribution in [2.75, 3.05) is 37.6 Å². The number of nitrogens with zero attached hydrogens (tertiary/aromatic N) is 3. The van der Waals surface area contributed by atoms with E-state index in [9.17, 15) is 4.79 Å². The molecule has 2 aromatic rings. The number of piperidine rings is 1. The van der Waals surface area contributed by atoms with E-state index in [0.29, 0.717) is 19.0 Å². The Kier molecular flexibility index (Phi) is 3.83. The van der Waals surface area contributed by atoms with Gasteiger partial charge in [0.25, 0.3) is 0 Å². The van der Waals surface area contributed by atoms with Crippen molar-refractivity contribution in [3.05, 3.63) is 30.2 Å². The van der Waals surface area contributed by atoms with Gasteiger partial charge in [-0.3, -0.25) is 4.79 Å². The monoisotopic (exact) mass is 311 g/mol. The van der Waals surface area contributed by atoms with E-state index in [0.717, 1.165) is 49.1 Å². The number of benzene rings is 1. The Labute approximate surface area is 135 Å². The van der Waals surface area contributed by atoms with Crippen LogP contribution in [0.5, 0.6) is 0 Å². The fourth-order valence-electron chi connectivity index (χ4n) is 3.54. The van der Waals surface area contributed by atoms with E-state index in [1.54, 1.807) is 6.33 Å². The Hall–Kier alpha value is -2.21. The molecule has 0 saturated carbocycles. The molecule has 2 saturated heterocycles. The molecule has 120 valence electrons. The second kappa shape index (κ2) is 6.12. The first kappa shape index (κ1) is 14.4. The van der Waals surface area contributed by atoms with Crippen molar-refractivity contribution in [2.24, 2.45) is 0 Å². The Morgan fingerprint density at radius 3 is 2.83 bits per heavy atom. The molecular formula is C17H21N5O. The van der Waals surface area contributed by atoms with Crippen LogP contribution >= 0.6 is 0 Å². The van der Waals surface area contributed by atoms with Crippen molar-refractivity contribution in [3.63, 3.8) is 0 Å². The van der Waals surface area contributed by atoms with E-state index in [1.165, 1.54) is 5.69 Å². The Bertz CT molecular complexity index is 726. The highest BCUT2D eigenvalue weighted by atomic mass is 16.2. The van der Waals surface area contributed by atoms with Crippen LogP contribution in [0.15, 0.2) is 24.5 Å². The molecule has 6 nitrogen and oxygen atoms in total. The lowest BCUT2D eigenvalue weighted by Crippen LogP contribution is -2.47. The van der Waals surface area contributed by atoms with Gasteiger partial charge in [0.2, 0.25) is 5.91 Å². The number of carbonyl (C=O) groups is 1. The average molecular weight is 311 g/mol. The highest BCUT2D eigenvalue weighted by Crippen LogP contribution is 2.30. The molecule has 2 fully saturated rings. The first-order chi connectivity index (χ1) is 11.3. The lowest BCUT2D eigenvalue weighted by atomic mass is 9.92. The third kappa shape index (κ3) is 2.86. The highest BCUT2D eigenvalue weighted by Gasteiger charge is 2.21. The number of anilines is 1. The van der Waals surface area contributed by atoms with Gasteiger partial charge < -0.3 is 15.5 Å². The molecule has 0 bridgehead atoms. The Balaban J connectivity index is 1.68. The number of amides is 1. The normalized spacial score (nSPS) is 19.8. The number of piperazine rings is 1. The van der Waals surface area contributed by atoms with Crippen LogP contribution in [0.25, 0.3) is 10.9 Å². The number of rotatable bonds is 2. The van der Waals surface area contributed by atoms with E-state index < -0.39 is 0 Å². The molecule has 0 radical (unpaired) electrons. The minimum absolute atomic E-state index is 0.0782. The maximum Gasteiger partial charge on any atom is 0.239 e. The molecule has 2 N–H and O–H groups in total. The first-order valence-corrected chi connectivity index (χ1v) is 8.28. The van der Waals surface area contributed by atoms with Crippen molar-refractivity contribution < 1.29 is 4.79 Å². The van der Waals surface area contributed by atoms with Gasteiger partial charge in [-0.25, -0.2) is 9.97 Å². The first-order valence-electron chi connectivity index (χ1n) is 8.28. The summed E-state index contributed by atoms with van der Waals surface area (Å²) < 4.78 is 0. The van der Waals surface area contributed by atoms with Crippen LogP contribution < -0.4 is 15.5 Å². The van der Waals surface area contributed by atoms with Crippen LogP contribution in [0.4, 0.5) is 5.69 Å². The Morgan fingerprint density at radius 2 is 2.00 bits per heavy atom. The van der Waals surface area contributed by atoms with Gasteiger partial charge in [-0.15, -0.1) is 0 Å². The summed E-state index contributed by atoms with van der Waals surface area (Å²) in [5.41, 5.74) is 3.19. The fraction of sp³-hybridized carbons (Fsp3) is 0.471.